The highest BCUT2D eigenvalue weighted by molar-refractivity contribution is 6.04. The zero-order chi connectivity index (χ0) is 19.3. The molecule has 3 aromatic rings. The van der Waals surface area contributed by atoms with Crippen LogP contribution in [-0.2, 0) is 6.54 Å². The minimum atomic E-state index is -0.256. The van der Waals surface area contributed by atoms with Crippen molar-refractivity contribution >= 4 is 23.4 Å². The Labute approximate surface area is 162 Å². The van der Waals surface area contributed by atoms with Gasteiger partial charge in [-0.1, -0.05) is 30.3 Å². The van der Waals surface area contributed by atoms with Crippen molar-refractivity contribution in [3.63, 3.8) is 0 Å². The molecule has 1 aliphatic rings. The number of nitrogens with zero attached hydrogens (tertiary/aromatic N) is 4. The summed E-state index contributed by atoms with van der Waals surface area (Å²) < 4.78 is 0. The molecule has 3 heterocycles. The first-order valence-corrected chi connectivity index (χ1v) is 8.98. The minimum Gasteiger partial charge on any atom is -0.321 e. The summed E-state index contributed by atoms with van der Waals surface area (Å²) >= 11 is 0. The van der Waals surface area contributed by atoms with Gasteiger partial charge in [0.1, 0.15) is 5.82 Å². The fraction of sp³-hybridized carbons (Fsp3) is 0.143. The van der Waals surface area contributed by atoms with Crippen molar-refractivity contribution < 1.29 is 9.59 Å². The second kappa shape index (κ2) is 7.87. The minimum absolute atomic E-state index is 0.0662. The van der Waals surface area contributed by atoms with Gasteiger partial charge in [0.2, 0.25) is 0 Å². The lowest BCUT2D eigenvalue weighted by Gasteiger charge is -2.18. The lowest BCUT2D eigenvalue weighted by Crippen LogP contribution is -2.31. The molecule has 0 bridgehead atoms. The molecule has 4 rings (SSSR count). The van der Waals surface area contributed by atoms with Gasteiger partial charge in [-0.2, -0.15) is 0 Å². The average molecular weight is 373 g/mol. The van der Waals surface area contributed by atoms with Crippen molar-refractivity contribution in [3.05, 3.63) is 84.3 Å². The van der Waals surface area contributed by atoms with E-state index in [1.807, 2.05) is 30.3 Å². The molecule has 1 aromatic carbocycles. The summed E-state index contributed by atoms with van der Waals surface area (Å²) in [7, 11) is 0. The molecule has 0 atom stereocenters. The van der Waals surface area contributed by atoms with E-state index < -0.39 is 0 Å². The standard InChI is InChI=1S/C21H19N5O2/c27-20(17-7-4-10-22-13-17)24-18-8-9-19(23-14-18)26-12-11-25(21(26)28)15-16-5-2-1-3-6-16/h1-10,13-14H,11-12,15H2,(H,24,27). The van der Waals surface area contributed by atoms with E-state index in [0.29, 0.717) is 36.7 Å². The van der Waals surface area contributed by atoms with Crippen molar-refractivity contribution in [1.82, 2.24) is 14.9 Å². The Balaban J connectivity index is 1.40. The van der Waals surface area contributed by atoms with E-state index in [1.165, 1.54) is 6.20 Å². The van der Waals surface area contributed by atoms with Gasteiger partial charge in [-0.15, -0.1) is 0 Å². The van der Waals surface area contributed by atoms with Gasteiger partial charge in [0, 0.05) is 32.0 Å². The van der Waals surface area contributed by atoms with Crippen LogP contribution in [0.4, 0.5) is 16.3 Å². The lowest BCUT2D eigenvalue weighted by atomic mass is 10.2. The second-order valence-corrected chi connectivity index (χ2v) is 6.44. The van der Waals surface area contributed by atoms with Gasteiger partial charge in [-0.25, -0.2) is 9.78 Å². The van der Waals surface area contributed by atoms with E-state index in [2.05, 4.69) is 15.3 Å². The summed E-state index contributed by atoms with van der Waals surface area (Å²) in [4.78, 5) is 36.6. The number of anilines is 2. The zero-order valence-electron chi connectivity index (χ0n) is 15.2. The van der Waals surface area contributed by atoms with Crippen LogP contribution in [0.25, 0.3) is 0 Å². The predicted octanol–water partition coefficient (Wildman–Crippen LogP) is 3.17. The normalized spacial score (nSPS) is 13.6. The SMILES string of the molecule is O=C(Nc1ccc(N2CCN(Cc3ccccc3)C2=O)nc1)c1cccnc1. The number of carbonyl (C=O) groups excluding carboxylic acids is 2. The highest BCUT2D eigenvalue weighted by Gasteiger charge is 2.30. The maximum absolute atomic E-state index is 12.7. The van der Waals surface area contributed by atoms with Crippen LogP contribution in [0.15, 0.2) is 73.2 Å². The molecule has 140 valence electrons. The molecule has 0 saturated carbocycles. The van der Waals surface area contributed by atoms with E-state index in [1.54, 1.807) is 46.5 Å². The van der Waals surface area contributed by atoms with Crippen molar-refractivity contribution in [2.75, 3.05) is 23.3 Å². The van der Waals surface area contributed by atoms with Crippen molar-refractivity contribution in [2.45, 2.75) is 6.54 Å². The number of nitrogens with one attached hydrogen (secondary N) is 1. The van der Waals surface area contributed by atoms with Crippen molar-refractivity contribution in [1.29, 1.82) is 0 Å². The maximum atomic E-state index is 12.7. The summed E-state index contributed by atoms with van der Waals surface area (Å²) in [6, 6.07) is 16.7. The number of carbonyl (C=O) groups is 2. The highest BCUT2D eigenvalue weighted by Crippen LogP contribution is 2.21. The largest absolute Gasteiger partial charge is 0.326 e. The number of hydrogen-bond acceptors (Lipinski definition) is 4. The van der Waals surface area contributed by atoms with Crippen molar-refractivity contribution in [3.8, 4) is 0 Å². The van der Waals surface area contributed by atoms with Gasteiger partial charge in [-0.3, -0.25) is 14.7 Å². The van der Waals surface area contributed by atoms with Crippen LogP contribution in [0, 0.1) is 0 Å². The van der Waals surface area contributed by atoms with E-state index in [9.17, 15) is 9.59 Å². The zero-order valence-corrected chi connectivity index (χ0v) is 15.2. The third-order valence-corrected chi connectivity index (χ3v) is 4.52. The van der Waals surface area contributed by atoms with Crippen LogP contribution in [0.2, 0.25) is 0 Å². The number of urea groups is 1. The molecule has 1 N–H and O–H groups in total. The van der Waals surface area contributed by atoms with Crippen molar-refractivity contribution in [2.24, 2.45) is 0 Å². The van der Waals surface area contributed by atoms with E-state index >= 15 is 0 Å². The van der Waals surface area contributed by atoms with Crippen LogP contribution >= 0.6 is 0 Å². The first-order chi connectivity index (χ1) is 13.7. The summed E-state index contributed by atoms with van der Waals surface area (Å²) in [5.74, 6) is 0.314. The van der Waals surface area contributed by atoms with Crippen LogP contribution < -0.4 is 10.2 Å². The van der Waals surface area contributed by atoms with Crippen LogP contribution in [0.5, 0.6) is 0 Å². The van der Waals surface area contributed by atoms with Gasteiger partial charge >= 0.3 is 6.03 Å². The molecule has 0 aliphatic carbocycles. The molecule has 7 heteroatoms. The molecule has 1 fully saturated rings. The Kier molecular flexibility index (Phi) is 4.97. The average Bonchev–Trinajstić information content (AvgIpc) is 3.10. The van der Waals surface area contributed by atoms with E-state index in [0.717, 1.165) is 5.56 Å². The first-order valence-electron chi connectivity index (χ1n) is 8.98. The topological polar surface area (TPSA) is 78.4 Å². The third-order valence-electron chi connectivity index (χ3n) is 4.52. The van der Waals surface area contributed by atoms with Gasteiger partial charge in [0.25, 0.3) is 5.91 Å². The van der Waals surface area contributed by atoms with Gasteiger partial charge < -0.3 is 10.2 Å². The molecule has 1 saturated heterocycles. The summed E-state index contributed by atoms with van der Waals surface area (Å²) in [6.07, 6.45) is 4.67. The smallest absolute Gasteiger partial charge is 0.321 e. The Morgan fingerprint density at radius 3 is 2.57 bits per heavy atom. The molecule has 0 unspecified atom stereocenters. The molecule has 0 spiro atoms. The Morgan fingerprint density at radius 2 is 1.86 bits per heavy atom. The number of rotatable bonds is 5. The Morgan fingerprint density at radius 1 is 1.00 bits per heavy atom. The lowest BCUT2D eigenvalue weighted by molar-refractivity contribution is 0.102. The van der Waals surface area contributed by atoms with Crippen LogP contribution in [-0.4, -0.2) is 39.9 Å². The third kappa shape index (κ3) is 3.83. The monoisotopic (exact) mass is 373 g/mol. The van der Waals surface area contributed by atoms with Crippen LogP contribution in [0.1, 0.15) is 15.9 Å². The number of aromatic nitrogens is 2. The van der Waals surface area contributed by atoms with Crippen LogP contribution in [0.3, 0.4) is 0 Å². The number of benzene rings is 1. The molecule has 28 heavy (non-hydrogen) atoms. The first kappa shape index (κ1) is 17.7. The number of amides is 3. The highest BCUT2D eigenvalue weighted by atomic mass is 16.2. The Hall–Kier alpha value is -3.74. The maximum Gasteiger partial charge on any atom is 0.326 e. The number of hydrogen-bond donors (Lipinski definition) is 1. The van der Waals surface area contributed by atoms with Gasteiger partial charge in [0.15, 0.2) is 0 Å². The van der Waals surface area contributed by atoms with Gasteiger partial charge in [-0.05, 0) is 29.8 Å². The summed E-state index contributed by atoms with van der Waals surface area (Å²) in [5.41, 5.74) is 2.13. The molecular weight excluding hydrogens is 354 g/mol. The van der Waals surface area contributed by atoms with E-state index in [4.69, 9.17) is 0 Å². The second-order valence-electron chi connectivity index (χ2n) is 6.44. The quantitative estimate of drug-likeness (QED) is 0.745. The summed E-state index contributed by atoms with van der Waals surface area (Å²) in [5, 5.41) is 2.77. The molecular formula is C21H19N5O2. The molecule has 0 radical (unpaired) electrons. The molecule has 1 aliphatic heterocycles. The van der Waals surface area contributed by atoms with Gasteiger partial charge in [0.05, 0.1) is 17.4 Å². The molecule has 2 aromatic heterocycles. The molecule has 3 amide bonds. The number of pyridine rings is 2. The molecule has 7 nitrogen and oxygen atoms in total. The Bertz CT molecular complexity index is 961. The van der Waals surface area contributed by atoms with E-state index in [-0.39, 0.29) is 11.9 Å². The fourth-order valence-corrected chi connectivity index (χ4v) is 3.07. The summed E-state index contributed by atoms with van der Waals surface area (Å²) in [6.45, 7) is 1.81. The fourth-order valence-electron chi connectivity index (χ4n) is 3.07. The predicted molar refractivity (Wildman–Crippen MR) is 106 cm³/mol.